The molecule has 1 saturated heterocycles. The molecule has 1 aliphatic rings. The van der Waals surface area contributed by atoms with Gasteiger partial charge in [0.2, 0.25) is 0 Å². The molecule has 1 aromatic carbocycles. The first-order valence-corrected chi connectivity index (χ1v) is 6.13. The third kappa shape index (κ3) is 3.25. The molecule has 3 nitrogen and oxygen atoms in total. The number of benzene rings is 1. The van der Waals surface area contributed by atoms with Gasteiger partial charge in [0.05, 0.1) is 16.7 Å². The van der Waals surface area contributed by atoms with Gasteiger partial charge in [-0.15, -0.1) is 0 Å². The summed E-state index contributed by atoms with van der Waals surface area (Å²) >= 11 is 11.8. The second-order valence-electron chi connectivity index (χ2n) is 3.83. The van der Waals surface area contributed by atoms with E-state index in [1.54, 1.807) is 0 Å². The van der Waals surface area contributed by atoms with Crippen LogP contribution in [0, 0.1) is 0 Å². The van der Waals surface area contributed by atoms with Gasteiger partial charge in [-0.2, -0.15) is 0 Å². The molecule has 16 heavy (non-hydrogen) atoms. The van der Waals surface area contributed by atoms with Gasteiger partial charge in [0, 0.05) is 31.9 Å². The first-order chi connectivity index (χ1) is 7.75. The second kappa shape index (κ2) is 5.73. The van der Waals surface area contributed by atoms with Crippen molar-refractivity contribution in [1.29, 1.82) is 0 Å². The Morgan fingerprint density at radius 2 is 1.94 bits per heavy atom. The minimum absolute atomic E-state index is 0.590. The van der Waals surface area contributed by atoms with Crippen LogP contribution < -0.4 is 10.6 Å². The first-order valence-electron chi connectivity index (χ1n) is 5.38. The lowest BCUT2D eigenvalue weighted by atomic mass is 10.3. The van der Waals surface area contributed by atoms with Crippen molar-refractivity contribution < 1.29 is 0 Å². The highest BCUT2D eigenvalue weighted by Crippen LogP contribution is 2.24. The summed E-state index contributed by atoms with van der Waals surface area (Å²) in [4.78, 5) is 2.36. The molecule has 5 heteroatoms. The van der Waals surface area contributed by atoms with E-state index >= 15 is 0 Å². The Bertz CT molecular complexity index is 351. The van der Waals surface area contributed by atoms with Crippen LogP contribution in [0.2, 0.25) is 10.0 Å². The van der Waals surface area contributed by atoms with E-state index < -0.39 is 0 Å². The first kappa shape index (κ1) is 12.0. The van der Waals surface area contributed by atoms with E-state index in [0.29, 0.717) is 10.0 Å². The molecule has 1 aromatic rings. The Balaban J connectivity index is 1.86. The van der Waals surface area contributed by atoms with E-state index in [0.717, 1.165) is 38.5 Å². The normalized spacial score (nSPS) is 17.4. The quantitative estimate of drug-likeness (QED) is 0.873. The number of nitrogens with zero attached hydrogens (tertiary/aromatic N) is 1. The number of rotatable bonds is 3. The fraction of sp³-hybridized carbons (Fsp3) is 0.455. The smallest absolute Gasteiger partial charge is 0.0679 e. The fourth-order valence-corrected chi connectivity index (χ4v) is 1.98. The van der Waals surface area contributed by atoms with Crippen molar-refractivity contribution in [2.45, 2.75) is 0 Å². The van der Waals surface area contributed by atoms with E-state index in [1.165, 1.54) is 0 Å². The molecule has 1 fully saturated rings. The Labute approximate surface area is 106 Å². The van der Waals surface area contributed by atoms with Gasteiger partial charge in [-0.05, 0) is 18.2 Å². The van der Waals surface area contributed by atoms with E-state index in [2.05, 4.69) is 15.5 Å². The lowest BCUT2D eigenvalue weighted by Gasteiger charge is -2.27. The molecule has 0 radical (unpaired) electrons. The number of anilines is 1. The molecular formula is C11H15Cl2N3. The zero-order valence-electron chi connectivity index (χ0n) is 8.97. The summed E-state index contributed by atoms with van der Waals surface area (Å²) in [6, 6.07) is 5.60. The van der Waals surface area contributed by atoms with Crippen molar-refractivity contribution in [1.82, 2.24) is 10.2 Å². The molecule has 2 rings (SSSR count). The van der Waals surface area contributed by atoms with Crippen molar-refractivity contribution in [2.24, 2.45) is 0 Å². The zero-order chi connectivity index (χ0) is 11.4. The average molecular weight is 260 g/mol. The molecule has 88 valence electrons. The Morgan fingerprint density at radius 3 is 2.62 bits per heavy atom. The van der Waals surface area contributed by atoms with E-state index in [4.69, 9.17) is 23.2 Å². The van der Waals surface area contributed by atoms with Gasteiger partial charge >= 0.3 is 0 Å². The highest BCUT2D eigenvalue weighted by Gasteiger charge is 2.08. The van der Waals surface area contributed by atoms with Crippen molar-refractivity contribution in [3.05, 3.63) is 28.2 Å². The standard InChI is InChI=1S/C11H15Cl2N3/c12-10-2-1-9(7-11(10)13)15-8-16-5-3-14-4-6-16/h1-2,7,14-15H,3-6,8H2. The second-order valence-corrected chi connectivity index (χ2v) is 4.65. The van der Waals surface area contributed by atoms with Crippen LogP contribution in [0.25, 0.3) is 0 Å². The van der Waals surface area contributed by atoms with Crippen LogP contribution >= 0.6 is 23.2 Å². The van der Waals surface area contributed by atoms with Crippen molar-refractivity contribution >= 4 is 28.9 Å². The minimum Gasteiger partial charge on any atom is -0.372 e. The van der Waals surface area contributed by atoms with Crippen LogP contribution in [-0.2, 0) is 0 Å². The lowest BCUT2D eigenvalue weighted by Crippen LogP contribution is -2.45. The van der Waals surface area contributed by atoms with Crippen molar-refractivity contribution in [2.75, 3.05) is 38.2 Å². The average Bonchev–Trinajstić information content (AvgIpc) is 2.32. The maximum Gasteiger partial charge on any atom is 0.0679 e. The van der Waals surface area contributed by atoms with E-state index in [-0.39, 0.29) is 0 Å². The number of nitrogens with one attached hydrogen (secondary N) is 2. The summed E-state index contributed by atoms with van der Waals surface area (Å²) in [6.45, 7) is 5.12. The van der Waals surface area contributed by atoms with Gasteiger partial charge in [-0.25, -0.2) is 0 Å². The van der Waals surface area contributed by atoms with Crippen molar-refractivity contribution in [3.8, 4) is 0 Å². The molecule has 0 aromatic heterocycles. The molecule has 0 bridgehead atoms. The Kier molecular flexibility index (Phi) is 4.29. The predicted molar refractivity (Wildman–Crippen MR) is 69.4 cm³/mol. The van der Waals surface area contributed by atoms with Gasteiger partial charge in [0.25, 0.3) is 0 Å². The third-order valence-electron chi connectivity index (χ3n) is 2.64. The molecule has 0 aliphatic carbocycles. The topological polar surface area (TPSA) is 27.3 Å². The van der Waals surface area contributed by atoms with Gasteiger partial charge in [-0.3, -0.25) is 4.90 Å². The molecule has 0 saturated carbocycles. The van der Waals surface area contributed by atoms with Crippen molar-refractivity contribution in [3.63, 3.8) is 0 Å². The van der Waals surface area contributed by atoms with Crippen LogP contribution in [0.3, 0.4) is 0 Å². The largest absolute Gasteiger partial charge is 0.372 e. The molecule has 0 atom stereocenters. The van der Waals surface area contributed by atoms with Crippen LogP contribution in [0.15, 0.2) is 18.2 Å². The summed E-state index contributed by atoms with van der Waals surface area (Å²) in [6.07, 6.45) is 0. The van der Waals surface area contributed by atoms with Crippen LogP contribution in [0.5, 0.6) is 0 Å². The summed E-state index contributed by atoms with van der Waals surface area (Å²) < 4.78 is 0. The number of halogens is 2. The highest BCUT2D eigenvalue weighted by atomic mass is 35.5. The maximum absolute atomic E-state index is 5.94. The highest BCUT2D eigenvalue weighted by molar-refractivity contribution is 6.42. The van der Waals surface area contributed by atoms with Crippen LogP contribution in [0.1, 0.15) is 0 Å². The van der Waals surface area contributed by atoms with Crippen LogP contribution in [-0.4, -0.2) is 37.7 Å². The number of piperazine rings is 1. The van der Waals surface area contributed by atoms with Gasteiger partial charge in [0.1, 0.15) is 0 Å². The fourth-order valence-electron chi connectivity index (χ4n) is 1.68. The van der Waals surface area contributed by atoms with Gasteiger partial charge in [-0.1, -0.05) is 23.2 Å². The molecule has 0 amide bonds. The Morgan fingerprint density at radius 1 is 1.19 bits per heavy atom. The van der Waals surface area contributed by atoms with Gasteiger partial charge < -0.3 is 10.6 Å². The molecule has 1 aliphatic heterocycles. The SMILES string of the molecule is Clc1ccc(NCN2CCNCC2)cc1Cl. The predicted octanol–water partition coefficient (Wildman–Crippen LogP) is 2.27. The molecular weight excluding hydrogens is 245 g/mol. The van der Waals surface area contributed by atoms with E-state index in [1.807, 2.05) is 18.2 Å². The molecule has 2 N–H and O–H groups in total. The molecule has 0 unspecified atom stereocenters. The van der Waals surface area contributed by atoms with Crippen LogP contribution in [0.4, 0.5) is 5.69 Å². The maximum atomic E-state index is 5.94. The van der Waals surface area contributed by atoms with E-state index in [9.17, 15) is 0 Å². The Hall–Kier alpha value is -0.480. The van der Waals surface area contributed by atoms with Gasteiger partial charge in [0.15, 0.2) is 0 Å². The lowest BCUT2D eigenvalue weighted by molar-refractivity contribution is 0.256. The minimum atomic E-state index is 0.590. The summed E-state index contributed by atoms with van der Waals surface area (Å²) in [5, 5.41) is 7.84. The summed E-state index contributed by atoms with van der Waals surface area (Å²) in [7, 11) is 0. The number of hydrogen-bond donors (Lipinski definition) is 2. The molecule has 0 spiro atoms. The monoisotopic (exact) mass is 259 g/mol. The zero-order valence-corrected chi connectivity index (χ0v) is 10.5. The summed E-state index contributed by atoms with van der Waals surface area (Å²) in [5.74, 6) is 0. The molecule has 1 heterocycles. The number of hydrogen-bond acceptors (Lipinski definition) is 3. The summed E-state index contributed by atoms with van der Waals surface area (Å²) in [5.41, 5.74) is 1.01. The third-order valence-corrected chi connectivity index (χ3v) is 3.38.